The average molecular weight is 296 g/mol. The average Bonchev–Trinajstić information content (AvgIpc) is 2.34. The van der Waals surface area contributed by atoms with Crippen molar-refractivity contribution in [2.24, 2.45) is 0 Å². The molecule has 2 rings (SSSR count). The number of carboxylic acid groups (broad SMARTS) is 1. The van der Waals surface area contributed by atoms with Gasteiger partial charge in [-0.15, -0.1) is 0 Å². The zero-order valence-electron chi connectivity index (χ0n) is 10.1. The Kier molecular flexibility index (Phi) is 3.98. The SMILES string of the molecule is Cc1ccc(Nc2ccc(Cl)cc2C(=O)O)c(Cl)c1. The Morgan fingerprint density at radius 3 is 2.42 bits per heavy atom. The Labute approximate surface area is 120 Å². The molecule has 2 aromatic rings. The van der Waals surface area contributed by atoms with E-state index >= 15 is 0 Å². The molecular formula is C14H11Cl2NO2. The Morgan fingerprint density at radius 1 is 1.11 bits per heavy atom. The van der Waals surface area contributed by atoms with Gasteiger partial charge >= 0.3 is 5.97 Å². The first-order valence-corrected chi connectivity index (χ1v) is 6.29. The molecule has 0 spiro atoms. The number of hydrogen-bond donors (Lipinski definition) is 2. The summed E-state index contributed by atoms with van der Waals surface area (Å²) in [5, 5.41) is 13.1. The summed E-state index contributed by atoms with van der Waals surface area (Å²) in [6.45, 7) is 1.93. The van der Waals surface area contributed by atoms with E-state index in [1.54, 1.807) is 24.3 Å². The first kappa shape index (κ1) is 13.7. The lowest BCUT2D eigenvalue weighted by Crippen LogP contribution is -2.03. The molecule has 0 saturated carbocycles. The van der Waals surface area contributed by atoms with E-state index < -0.39 is 5.97 Å². The van der Waals surface area contributed by atoms with Crippen LogP contribution in [0.15, 0.2) is 36.4 Å². The van der Waals surface area contributed by atoms with Gasteiger partial charge in [-0.3, -0.25) is 0 Å². The third-order valence-corrected chi connectivity index (χ3v) is 3.15. The summed E-state index contributed by atoms with van der Waals surface area (Å²) in [6, 6.07) is 10.1. The molecule has 5 heteroatoms. The number of anilines is 2. The fourth-order valence-corrected chi connectivity index (χ4v) is 2.12. The molecule has 2 N–H and O–H groups in total. The topological polar surface area (TPSA) is 49.3 Å². The number of nitrogens with one attached hydrogen (secondary N) is 1. The summed E-state index contributed by atoms with van der Waals surface area (Å²) >= 11 is 11.9. The molecule has 0 unspecified atom stereocenters. The van der Waals surface area contributed by atoms with E-state index in [0.717, 1.165) is 5.56 Å². The zero-order valence-corrected chi connectivity index (χ0v) is 11.6. The maximum Gasteiger partial charge on any atom is 0.337 e. The highest BCUT2D eigenvalue weighted by molar-refractivity contribution is 6.33. The number of hydrogen-bond acceptors (Lipinski definition) is 2. The van der Waals surface area contributed by atoms with Crippen LogP contribution in [0.25, 0.3) is 0 Å². The fraction of sp³-hybridized carbons (Fsp3) is 0.0714. The molecule has 0 heterocycles. The molecule has 0 aromatic heterocycles. The molecule has 2 aromatic carbocycles. The molecule has 0 radical (unpaired) electrons. The number of carboxylic acids is 1. The van der Waals surface area contributed by atoms with E-state index in [1.807, 2.05) is 13.0 Å². The van der Waals surface area contributed by atoms with Gasteiger partial charge in [0, 0.05) is 5.02 Å². The number of carbonyl (C=O) groups is 1. The number of halogens is 2. The highest BCUT2D eigenvalue weighted by Crippen LogP contribution is 2.29. The van der Waals surface area contributed by atoms with Gasteiger partial charge in [-0.1, -0.05) is 29.3 Å². The van der Waals surface area contributed by atoms with Crippen LogP contribution in [0.1, 0.15) is 15.9 Å². The maximum atomic E-state index is 11.2. The molecule has 0 bridgehead atoms. The van der Waals surface area contributed by atoms with Crippen molar-refractivity contribution >= 4 is 40.5 Å². The summed E-state index contributed by atoms with van der Waals surface area (Å²) in [4.78, 5) is 11.2. The maximum absolute atomic E-state index is 11.2. The summed E-state index contributed by atoms with van der Waals surface area (Å²) in [5.41, 5.74) is 2.23. The predicted octanol–water partition coefficient (Wildman–Crippen LogP) is 4.74. The molecular weight excluding hydrogens is 285 g/mol. The van der Waals surface area contributed by atoms with Crippen LogP contribution in [0, 0.1) is 6.92 Å². The molecule has 3 nitrogen and oxygen atoms in total. The monoisotopic (exact) mass is 295 g/mol. The second-order valence-electron chi connectivity index (χ2n) is 4.10. The van der Waals surface area contributed by atoms with Gasteiger partial charge in [0.05, 0.1) is 22.0 Å². The van der Waals surface area contributed by atoms with Crippen LogP contribution in [-0.2, 0) is 0 Å². The van der Waals surface area contributed by atoms with Crippen molar-refractivity contribution in [3.63, 3.8) is 0 Å². The molecule has 0 atom stereocenters. The summed E-state index contributed by atoms with van der Waals surface area (Å²) in [6.07, 6.45) is 0. The van der Waals surface area contributed by atoms with Crippen LogP contribution in [0.3, 0.4) is 0 Å². The molecule has 0 amide bonds. The van der Waals surface area contributed by atoms with Crippen molar-refractivity contribution < 1.29 is 9.90 Å². The second kappa shape index (κ2) is 5.51. The largest absolute Gasteiger partial charge is 0.478 e. The van der Waals surface area contributed by atoms with Gasteiger partial charge in [-0.2, -0.15) is 0 Å². The standard InChI is InChI=1S/C14H11Cl2NO2/c1-8-2-4-13(11(16)6-8)17-12-5-3-9(15)7-10(12)14(18)19/h2-7,17H,1H3,(H,18,19). The van der Waals surface area contributed by atoms with Crippen molar-refractivity contribution in [3.8, 4) is 0 Å². The quantitative estimate of drug-likeness (QED) is 0.859. The number of aryl methyl sites for hydroxylation is 1. The van der Waals surface area contributed by atoms with Gasteiger partial charge in [-0.05, 0) is 42.8 Å². The minimum Gasteiger partial charge on any atom is -0.478 e. The normalized spacial score (nSPS) is 10.3. The van der Waals surface area contributed by atoms with Crippen LogP contribution in [0.2, 0.25) is 10.0 Å². The van der Waals surface area contributed by atoms with E-state index in [9.17, 15) is 4.79 Å². The lowest BCUT2D eigenvalue weighted by atomic mass is 10.1. The number of rotatable bonds is 3. The molecule has 0 aliphatic carbocycles. The Balaban J connectivity index is 2.40. The van der Waals surface area contributed by atoms with Crippen LogP contribution in [0.5, 0.6) is 0 Å². The van der Waals surface area contributed by atoms with E-state index in [2.05, 4.69) is 5.32 Å². The highest BCUT2D eigenvalue weighted by atomic mass is 35.5. The van der Waals surface area contributed by atoms with Crippen molar-refractivity contribution in [1.29, 1.82) is 0 Å². The summed E-state index contributed by atoms with van der Waals surface area (Å²) in [5.74, 6) is -1.05. The molecule has 19 heavy (non-hydrogen) atoms. The van der Waals surface area contributed by atoms with Gasteiger partial charge in [0.1, 0.15) is 0 Å². The Morgan fingerprint density at radius 2 is 1.79 bits per heavy atom. The van der Waals surface area contributed by atoms with Gasteiger partial charge < -0.3 is 10.4 Å². The minimum atomic E-state index is -1.05. The third-order valence-electron chi connectivity index (χ3n) is 2.61. The third kappa shape index (κ3) is 3.19. The highest BCUT2D eigenvalue weighted by Gasteiger charge is 2.12. The van der Waals surface area contributed by atoms with Crippen molar-refractivity contribution in [2.45, 2.75) is 6.92 Å². The minimum absolute atomic E-state index is 0.101. The zero-order chi connectivity index (χ0) is 14.0. The van der Waals surface area contributed by atoms with E-state index in [4.69, 9.17) is 28.3 Å². The van der Waals surface area contributed by atoms with E-state index in [1.165, 1.54) is 6.07 Å². The molecule has 0 aliphatic rings. The van der Waals surface area contributed by atoms with Crippen LogP contribution in [-0.4, -0.2) is 11.1 Å². The smallest absolute Gasteiger partial charge is 0.337 e. The van der Waals surface area contributed by atoms with Gasteiger partial charge in [0.2, 0.25) is 0 Å². The summed E-state index contributed by atoms with van der Waals surface area (Å²) in [7, 11) is 0. The van der Waals surface area contributed by atoms with Gasteiger partial charge in [0.15, 0.2) is 0 Å². The molecule has 0 fully saturated rings. The van der Waals surface area contributed by atoms with Crippen molar-refractivity contribution in [3.05, 3.63) is 57.6 Å². The van der Waals surface area contributed by atoms with Gasteiger partial charge in [0.25, 0.3) is 0 Å². The first-order valence-electron chi connectivity index (χ1n) is 5.53. The lowest BCUT2D eigenvalue weighted by Gasteiger charge is -2.11. The van der Waals surface area contributed by atoms with Crippen molar-refractivity contribution in [2.75, 3.05) is 5.32 Å². The fourth-order valence-electron chi connectivity index (χ4n) is 1.67. The molecule has 98 valence electrons. The van der Waals surface area contributed by atoms with Crippen LogP contribution in [0.4, 0.5) is 11.4 Å². The van der Waals surface area contributed by atoms with E-state index in [-0.39, 0.29) is 5.56 Å². The summed E-state index contributed by atoms with van der Waals surface area (Å²) < 4.78 is 0. The number of aromatic carboxylic acids is 1. The lowest BCUT2D eigenvalue weighted by molar-refractivity contribution is 0.0698. The van der Waals surface area contributed by atoms with Crippen molar-refractivity contribution in [1.82, 2.24) is 0 Å². The Bertz CT molecular complexity index is 641. The van der Waals surface area contributed by atoms with Crippen LogP contribution >= 0.6 is 23.2 Å². The number of benzene rings is 2. The molecule has 0 saturated heterocycles. The molecule has 0 aliphatic heterocycles. The Hall–Kier alpha value is -1.71. The first-order chi connectivity index (χ1) is 8.97. The second-order valence-corrected chi connectivity index (χ2v) is 4.95. The van der Waals surface area contributed by atoms with Gasteiger partial charge in [-0.25, -0.2) is 4.79 Å². The predicted molar refractivity (Wildman–Crippen MR) is 77.9 cm³/mol. The van der Waals surface area contributed by atoms with E-state index in [0.29, 0.717) is 21.4 Å². The van der Waals surface area contributed by atoms with Crippen LogP contribution < -0.4 is 5.32 Å².